The number of nitrogen functional groups attached to an aromatic ring is 1. The second-order valence-electron chi connectivity index (χ2n) is 6.13. The molecule has 1 aromatic heterocycles. The second-order valence-corrected chi connectivity index (χ2v) is 6.13. The molecule has 160 valence electrons. The van der Waals surface area contributed by atoms with Gasteiger partial charge in [0, 0.05) is 5.69 Å². The van der Waals surface area contributed by atoms with Gasteiger partial charge in [0.15, 0.2) is 5.82 Å². The molecule has 0 aliphatic carbocycles. The lowest BCUT2D eigenvalue weighted by Gasteiger charge is -2.13. The fraction of sp³-hybridized carbons (Fsp3) is 0.143. The molecular weight excluding hydrogens is 404 g/mol. The van der Waals surface area contributed by atoms with E-state index in [1.165, 1.54) is 38.7 Å². The van der Waals surface area contributed by atoms with E-state index in [2.05, 4.69) is 15.3 Å². The van der Waals surface area contributed by atoms with Crippen LogP contribution >= 0.6 is 0 Å². The summed E-state index contributed by atoms with van der Waals surface area (Å²) < 4.78 is 20.3. The summed E-state index contributed by atoms with van der Waals surface area (Å²) in [5.74, 6) is 0.285. The Morgan fingerprint density at radius 2 is 1.45 bits per heavy atom. The summed E-state index contributed by atoms with van der Waals surface area (Å²) >= 11 is 0. The van der Waals surface area contributed by atoms with Crippen LogP contribution in [0.1, 0.15) is 20.7 Å². The number of ether oxygens (including phenoxy) is 4. The molecule has 1 heterocycles. The standard InChI is InChI=1S/C21H20N4O6/c1-28-15-4-6-16(7-5-15)31-19-17(22)18(23-11-24-19)25-14-9-12(20(26)29-2)8-13(10-14)21(27)30-3/h4-11H,22H2,1-3H3,(H,23,24,25). The number of methoxy groups -OCH3 is 3. The Hall–Kier alpha value is -4.34. The average molecular weight is 424 g/mol. The molecule has 0 aliphatic rings. The van der Waals surface area contributed by atoms with E-state index in [0.717, 1.165) is 0 Å². The molecule has 0 unspecified atom stereocenters. The van der Waals surface area contributed by atoms with E-state index in [-0.39, 0.29) is 28.5 Å². The van der Waals surface area contributed by atoms with E-state index in [1.54, 1.807) is 31.4 Å². The Labute approximate surface area is 177 Å². The van der Waals surface area contributed by atoms with Crippen LogP contribution in [-0.2, 0) is 9.47 Å². The van der Waals surface area contributed by atoms with Gasteiger partial charge in [0.2, 0.25) is 5.88 Å². The van der Waals surface area contributed by atoms with E-state index < -0.39 is 11.9 Å². The molecule has 2 aromatic carbocycles. The number of nitrogens with zero attached hydrogens (tertiary/aromatic N) is 2. The Kier molecular flexibility index (Phi) is 6.51. The maximum Gasteiger partial charge on any atom is 0.337 e. The van der Waals surface area contributed by atoms with Crippen molar-refractivity contribution < 1.29 is 28.5 Å². The average Bonchev–Trinajstić information content (AvgIpc) is 2.80. The quantitative estimate of drug-likeness (QED) is 0.544. The molecule has 10 nitrogen and oxygen atoms in total. The summed E-state index contributed by atoms with van der Waals surface area (Å²) in [6.07, 6.45) is 1.27. The lowest BCUT2D eigenvalue weighted by molar-refractivity contribution is 0.0599. The number of nitrogens with two attached hydrogens (primary N) is 1. The molecule has 3 rings (SSSR count). The van der Waals surface area contributed by atoms with Gasteiger partial charge in [0.25, 0.3) is 0 Å². The summed E-state index contributed by atoms with van der Waals surface area (Å²) in [7, 11) is 4.05. The van der Waals surface area contributed by atoms with Gasteiger partial charge in [-0.05, 0) is 42.5 Å². The number of hydrogen-bond donors (Lipinski definition) is 2. The zero-order valence-electron chi connectivity index (χ0n) is 17.0. The Bertz CT molecular complexity index is 1070. The van der Waals surface area contributed by atoms with Crippen molar-refractivity contribution in [1.82, 2.24) is 9.97 Å². The molecule has 0 fully saturated rings. The van der Waals surface area contributed by atoms with Crippen LogP contribution in [0.4, 0.5) is 17.2 Å². The van der Waals surface area contributed by atoms with Gasteiger partial charge in [-0.25, -0.2) is 14.6 Å². The number of anilines is 3. The molecule has 3 aromatic rings. The van der Waals surface area contributed by atoms with Crippen molar-refractivity contribution in [3.63, 3.8) is 0 Å². The summed E-state index contributed by atoms with van der Waals surface area (Å²) in [6.45, 7) is 0. The van der Waals surface area contributed by atoms with Crippen molar-refractivity contribution in [1.29, 1.82) is 0 Å². The van der Waals surface area contributed by atoms with E-state index >= 15 is 0 Å². The van der Waals surface area contributed by atoms with Gasteiger partial charge in [0.05, 0.1) is 32.5 Å². The predicted molar refractivity (Wildman–Crippen MR) is 112 cm³/mol. The first kappa shape index (κ1) is 21.4. The molecule has 0 aliphatic heterocycles. The van der Waals surface area contributed by atoms with Crippen LogP contribution in [0.5, 0.6) is 17.4 Å². The molecule has 0 radical (unpaired) electrons. The Balaban J connectivity index is 1.90. The van der Waals surface area contributed by atoms with Crippen molar-refractivity contribution in [2.24, 2.45) is 0 Å². The number of esters is 2. The highest BCUT2D eigenvalue weighted by atomic mass is 16.5. The number of aromatic nitrogens is 2. The molecule has 0 spiro atoms. The molecule has 31 heavy (non-hydrogen) atoms. The maximum atomic E-state index is 12.0. The smallest absolute Gasteiger partial charge is 0.337 e. The summed E-state index contributed by atoms with van der Waals surface area (Å²) in [5, 5.41) is 2.96. The number of carbonyl (C=O) groups excluding carboxylic acids is 2. The lowest BCUT2D eigenvalue weighted by atomic mass is 10.1. The highest BCUT2D eigenvalue weighted by Gasteiger charge is 2.16. The predicted octanol–water partition coefficient (Wildman–Crippen LogP) is 3.18. The summed E-state index contributed by atoms with van der Waals surface area (Å²) in [6, 6.07) is 11.2. The number of hydrogen-bond acceptors (Lipinski definition) is 10. The van der Waals surface area contributed by atoms with Gasteiger partial charge in [-0.3, -0.25) is 0 Å². The minimum Gasteiger partial charge on any atom is -0.497 e. The highest BCUT2D eigenvalue weighted by molar-refractivity contribution is 5.97. The Morgan fingerprint density at radius 1 is 0.871 bits per heavy atom. The Morgan fingerprint density at radius 3 is 2.00 bits per heavy atom. The largest absolute Gasteiger partial charge is 0.497 e. The molecular formula is C21H20N4O6. The van der Waals surface area contributed by atoms with E-state index in [0.29, 0.717) is 17.2 Å². The van der Waals surface area contributed by atoms with Gasteiger partial charge in [-0.2, -0.15) is 4.98 Å². The highest BCUT2D eigenvalue weighted by Crippen LogP contribution is 2.32. The van der Waals surface area contributed by atoms with E-state index in [1.807, 2.05) is 0 Å². The van der Waals surface area contributed by atoms with Gasteiger partial charge in [-0.15, -0.1) is 0 Å². The fourth-order valence-corrected chi connectivity index (χ4v) is 2.62. The van der Waals surface area contributed by atoms with Crippen molar-refractivity contribution >= 4 is 29.1 Å². The normalized spacial score (nSPS) is 10.2. The molecule has 0 amide bonds. The SMILES string of the molecule is COC(=O)c1cc(Nc2ncnc(Oc3ccc(OC)cc3)c2N)cc(C(=O)OC)c1. The number of nitrogens with one attached hydrogen (secondary N) is 1. The first-order valence-corrected chi connectivity index (χ1v) is 8.96. The third-order valence-corrected chi connectivity index (χ3v) is 4.16. The van der Waals surface area contributed by atoms with E-state index in [4.69, 9.17) is 24.7 Å². The summed E-state index contributed by atoms with van der Waals surface area (Å²) in [4.78, 5) is 32.1. The van der Waals surface area contributed by atoms with Crippen molar-refractivity contribution in [2.45, 2.75) is 0 Å². The second kappa shape index (κ2) is 9.44. The third-order valence-electron chi connectivity index (χ3n) is 4.16. The first-order valence-electron chi connectivity index (χ1n) is 8.96. The van der Waals surface area contributed by atoms with E-state index in [9.17, 15) is 9.59 Å². The lowest BCUT2D eigenvalue weighted by Crippen LogP contribution is -2.09. The topological polar surface area (TPSA) is 135 Å². The van der Waals surface area contributed by atoms with Crippen LogP contribution in [0.2, 0.25) is 0 Å². The van der Waals surface area contributed by atoms with Gasteiger partial charge >= 0.3 is 11.9 Å². The van der Waals surface area contributed by atoms with Gasteiger partial charge in [0.1, 0.15) is 23.5 Å². The minimum atomic E-state index is -0.618. The molecule has 0 saturated heterocycles. The minimum absolute atomic E-state index is 0.125. The molecule has 0 atom stereocenters. The number of carbonyl (C=O) groups is 2. The number of rotatable bonds is 7. The number of benzene rings is 2. The third kappa shape index (κ3) is 4.99. The van der Waals surface area contributed by atoms with Crippen LogP contribution in [0.25, 0.3) is 0 Å². The monoisotopic (exact) mass is 424 g/mol. The molecule has 0 bridgehead atoms. The van der Waals surface area contributed by atoms with Crippen LogP contribution < -0.4 is 20.5 Å². The fourth-order valence-electron chi connectivity index (χ4n) is 2.62. The van der Waals surface area contributed by atoms with Crippen molar-refractivity contribution in [2.75, 3.05) is 32.4 Å². The summed E-state index contributed by atoms with van der Waals surface area (Å²) in [5.41, 5.74) is 6.95. The zero-order chi connectivity index (χ0) is 22.4. The van der Waals surface area contributed by atoms with Gasteiger partial charge < -0.3 is 30.0 Å². The first-order chi connectivity index (χ1) is 14.9. The van der Waals surface area contributed by atoms with Gasteiger partial charge in [-0.1, -0.05) is 0 Å². The molecule has 10 heteroatoms. The maximum absolute atomic E-state index is 12.0. The van der Waals surface area contributed by atoms with Crippen LogP contribution in [0, 0.1) is 0 Å². The van der Waals surface area contributed by atoms with Crippen molar-refractivity contribution in [3.8, 4) is 17.4 Å². The zero-order valence-corrected chi connectivity index (χ0v) is 17.0. The van der Waals surface area contributed by atoms with Crippen molar-refractivity contribution in [3.05, 3.63) is 59.9 Å². The van der Waals surface area contributed by atoms with Crippen LogP contribution in [0.15, 0.2) is 48.8 Å². The van der Waals surface area contributed by atoms with Crippen LogP contribution in [0.3, 0.4) is 0 Å². The van der Waals surface area contributed by atoms with Crippen LogP contribution in [-0.4, -0.2) is 43.2 Å². The molecule has 3 N–H and O–H groups in total. The molecule has 0 saturated carbocycles.